The largest absolute Gasteiger partial charge is 0.469 e. The van der Waals surface area contributed by atoms with Crippen molar-refractivity contribution in [3.05, 3.63) is 23.7 Å². The van der Waals surface area contributed by atoms with Gasteiger partial charge in [0.15, 0.2) is 0 Å². The first-order valence-electron chi connectivity index (χ1n) is 5.84. The second kappa shape index (κ2) is 5.69. The van der Waals surface area contributed by atoms with Crippen molar-refractivity contribution in [2.75, 3.05) is 38.1 Å². The van der Waals surface area contributed by atoms with Gasteiger partial charge in [0.2, 0.25) is 0 Å². The third-order valence-corrected chi connectivity index (χ3v) is 3.50. The van der Waals surface area contributed by atoms with E-state index >= 15 is 0 Å². The van der Waals surface area contributed by atoms with Crippen LogP contribution in [-0.2, 0) is 0 Å². The molecular formula is C12H17BrN2O2. The van der Waals surface area contributed by atoms with E-state index < -0.39 is 0 Å². The van der Waals surface area contributed by atoms with Crippen molar-refractivity contribution in [3.8, 4) is 0 Å². The maximum absolute atomic E-state index is 12.2. The van der Waals surface area contributed by atoms with Crippen molar-refractivity contribution >= 4 is 21.8 Å². The number of piperazine rings is 1. The molecule has 1 saturated heterocycles. The van der Waals surface area contributed by atoms with Gasteiger partial charge in [0.05, 0.1) is 11.8 Å². The SMILES string of the molecule is Cc1occc1C(=O)N1CCN(CCBr)CC1. The predicted molar refractivity (Wildman–Crippen MR) is 69.6 cm³/mol. The first-order chi connectivity index (χ1) is 8.22. The van der Waals surface area contributed by atoms with E-state index in [1.54, 1.807) is 12.3 Å². The van der Waals surface area contributed by atoms with Crippen LogP contribution in [0.3, 0.4) is 0 Å². The van der Waals surface area contributed by atoms with Crippen LogP contribution in [0, 0.1) is 6.92 Å². The van der Waals surface area contributed by atoms with Gasteiger partial charge in [-0.05, 0) is 13.0 Å². The number of carbonyl (C=O) groups excluding carboxylic acids is 1. The molecule has 1 aliphatic rings. The zero-order valence-electron chi connectivity index (χ0n) is 9.99. The molecule has 4 nitrogen and oxygen atoms in total. The first kappa shape index (κ1) is 12.6. The van der Waals surface area contributed by atoms with E-state index in [9.17, 15) is 4.79 Å². The average molecular weight is 301 g/mol. The van der Waals surface area contributed by atoms with Crippen LogP contribution in [0.1, 0.15) is 16.1 Å². The molecule has 0 bridgehead atoms. The molecule has 0 atom stereocenters. The van der Waals surface area contributed by atoms with Crippen molar-refractivity contribution < 1.29 is 9.21 Å². The second-order valence-corrected chi connectivity index (χ2v) is 5.01. The van der Waals surface area contributed by atoms with E-state index in [0.29, 0.717) is 11.3 Å². The number of hydrogen-bond donors (Lipinski definition) is 0. The van der Waals surface area contributed by atoms with Gasteiger partial charge < -0.3 is 9.32 Å². The molecule has 1 aliphatic heterocycles. The highest BCUT2D eigenvalue weighted by molar-refractivity contribution is 9.09. The Morgan fingerprint density at radius 3 is 2.65 bits per heavy atom. The molecule has 1 amide bonds. The molecule has 0 aliphatic carbocycles. The normalized spacial score (nSPS) is 17.4. The van der Waals surface area contributed by atoms with E-state index in [1.165, 1.54) is 0 Å². The predicted octanol–water partition coefficient (Wildman–Crippen LogP) is 1.74. The Kier molecular flexibility index (Phi) is 4.23. The highest BCUT2D eigenvalue weighted by atomic mass is 79.9. The van der Waals surface area contributed by atoms with Crippen molar-refractivity contribution in [1.29, 1.82) is 0 Å². The Hall–Kier alpha value is -0.810. The molecule has 1 aromatic heterocycles. The number of amides is 1. The van der Waals surface area contributed by atoms with Crippen LogP contribution in [0.4, 0.5) is 0 Å². The van der Waals surface area contributed by atoms with Gasteiger partial charge in [-0.25, -0.2) is 0 Å². The Balaban J connectivity index is 1.93. The van der Waals surface area contributed by atoms with Gasteiger partial charge in [-0.2, -0.15) is 0 Å². The molecule has 2 rings (SSSR count). The monoisotopic (exact) mass is 300 g/mol. The summed E-state index contributed by atoms with van der Waals surface area (Å²) in [6.45, 7) is 6.39. The molecule has 0 unspecified atom stereocenters. The molecule has 0 saturated carbocycles. The summed E-state index contributed by atoms with van der Waals surface area (Å²) in [6.07, 6.45) is 1.57. The zero-order valence-corrected chi connectivity index (χ0v) is 11.6. The molecule has 1 fully saturated rings. The van der Waals surface area contributed by atoms with E-state index in [0.717, 1.165) is 38.1 Å². The number of alkyl halides is 1. The van der Waals surface area contributed by atoms with Crippen LogP contribution in [0.15, 0.2) is 16.7 Å². The molecule has 0 spiro atoms. The molecule has 5 heteroatoms. The summed E-state index contributed by atoms with van der Waals surface area (Å²) in [5.74, 6) is 0.799. The Morgan fingerprint density at radius 1 is 1.41 bits per heavy atom. The minimum Gasteiger partial charge on any atom is -0.469 e. The van der Waals surface area contributed by atoms with Gasteiger partial charge >= 0.3 is 0 Å². The van der Waals surface area contributed by atoms with Crippen molar-refractivity contribution in [1.82, 2.24) is 9.80 Å². The van der Waals surface area contributed by atoms with Gasteiger partial charge in [-0.1, -0.05) is 15.9 Å². The number of hydrogen-bond acceptors (Lipinski definition) is 3. The summed E-state index contributed by atoms with van der Waals surface area (Å²) in [7, 11) is 0. The van der Waals surface area contributed by atoms with Crippen LogP contribution in [-0.4, -0.2) is 53.8 Å². The second-order valence-electron chi connectivity index (χ2n) is 4.21. The molecule has 2 heterocycles. The maximum atomic E-state index is 12.2. The molecule has 0 aromatic carbocycles. The van der Waals surface area contributed by atoms with Gasteiger partial charge in [-0.15, -0.1) is 0 Å². The van der Waals surface area contributed by atoms with Crippen molar-refractivity contribution in [2.45, 2.75) is 6.92 Å². The smallest absolute Gasteiger partial charge is 0.257 e. The number of nitrogens with zero attached hydrogens (tertiary/aromatic N) is 2. The van der Waals surface area contributed by atoms with Crippen LogP contribution >= 0.6 is 15.9 Å². The fraction of sp³-hybridized carbons (Fsp3) is 0.583. The first-order valence-corrected chi connectivity index (χ1v) is 6.96. The Bertz CT molecular complexity index is 384. The van der Waals surface area contributed by atoms with Crippen LogP contribution < -0.4 is 0 Å². The molecule has 0 N–H and O–H groups in total. The van der Waals surface area contributed by atoms with Crippen molar-refractivity contribution in [3.63, 3.8) is 0 Å². The lowest BCUT2D eigenvalue weighted by Crippen LogP contribution is -2.49. The number of aryl methyl sites for hydroxylation is 1. The lowest BCUT2D eigenvalue weighted by atomic mass is 10.2. The van der Waals surface area contributed by atoms with E-state index in [-0.39, 0.29) is 5.91 Å². The summed E-state index contributed by atoms with van der Waals surface area (Å²) in [6, 6.07) is 1.75. The minimum atomic E-state index is 0.0924. The van der Waals surface area contributed by atoms with Crippen LogP contribution in [0.5, 0.6) is 0 Å². The van der Waals surface area contributed by atoms with Crippen molar-refractivity contribution in [2.24, 2.45) is 0 Å². The molecular weight excluding hydrogens is 284 g/mol. The number of furan rings is 1. The maximum Gasteiger partial charge on any atom is 0.257 e. The zero-order chi connectivity index (χ0) is 12.3. The molecule has 17 heavy (non-hydrogen) atoms. The van der Waals surface area contributed by atoms with Crippen LogP contribution in [0.25, 0.3) is 0 Å². The van der Waals surface area contributed by atoms with E-state index in [1.807, 2.05) is 11.8 Å². The quantitative estimate of drug-likeness (QED) is 0.798. The number of rotatable bonds is 3. The molecule has 0 radical (unpaired) electrons. The van der Waals surface area contributed by atoms with Gasteiger partial charge in [0.25, 0.3) is 5.91 Å². The molecule has 94 valence electrons. The summed E-state index contributed by atoms with van der Waals surface area (Å²) < 4.78 is 5.17. The molecule has 1 aromatic rings. The Morgan fingerprint density at radius 2 is 2.12 bits per heavy atom. The fourth-order valence-electron chi connectivity index (χ4n) is 2.07. The number of halogens is 1. The summed E-state index contributed by atoms with van der Waals surface area (Å²) in [5, 5.41) is 0.988. The van der Waals surface area contributed by atoms with E-state index in [4.69, 9.17) is 4.42 Å². The van der Waals surface area contributed by atoms with Crippen LogP contribution in [0.2, 0.25) is 0 Å². The van der Waals surface area contributed by atoms with E-state index in [2.05, 4.69) is 20.8 Å². The number of carbonyl (C=O) groups is 1. The summed E-state index contributed by atoms with van der Waals surface area (Å²) >= 11 is 3.44. The van der Waals surface area contributed by atoms with Gasteiger partial charge in [0, 0.05) is 38.1 Å². The summed E-state index contributed by atoms with van der Waals surface area (Å²) in [4.78, 5) is 16.5. The lowest BCUT2D eigenvalue weighted by Gasteiger charge is -2.34. The Labute approximate surface area is 110 Å². The standard InChI is InChI=1S/C12H17BrN2O2/c1-10-11(2-9-17-10)12(16)15-7-5-14(4-3-13)6-8-15/h2,9H,3-8H2,1H3. The van der Waals surface area contributed by atoms with Gasteiger partial charge in [0.1, 0.15) is 5.76 Å². The van der Waals surface area contributed by atoms with Gasteiger partial charge in [-0.3, -0.25) is 9.69 Å². The topological polar surface area (TPSA) is 36.7 Å². The minimum absolute atomic E-state index is 0.0924. The fourth-order valence-corrected chi connectivity index (χ4v) is 2.57. The summed E-state index contributed by atoms with van der Waals surface area (Å²) in [5.41, 5.74) is 0.693. The third kappa shape index (κ3) is 2.90. The average Bonchev–Trinajstić information content (AvgIpc) is 2.76. The third-order valence-electron chi connectivity index (χ3n) is 3.15. The highest BCUT2D eigenvalue weighted by Crippen LogP contribution is 2.13. The lowest BCUT2D eigenvalue weighted by molar-refractivity contribution is 0.0643. The highest BCUT2D eigenvalue weighted by Gasteiger charge is 2.23.